The van der Waals surface area contributed by atoms with Gasteiger partial charge in [-0.3, -0.25) is 9.69 Å². The van der Waals surface area contributed by atoms with Crippen LogP contribution in [0.4, 0.5) is 10.1 Å². The number of nitrogens with one attached hydrogen (secondary N) is 1. The summed E-state index contributed by atoms with van der Waals surface area (Å²) < 4.78 is 13.6. The Hall–Kier alpha value is -1.17. The number of benzene rings is 1. The molecule has 2 rings (SSSR count). The summed E-state index contributed by atoms with van der Waals surface area (Å²) in [6.45, 7) is 0.633. The van der Waals surface area contributed by atoms with Crippen LogP contribution >= 0.6 is 11.6 Å². The molecule has 1 fully saturated rings. The minimum Gasteiger partial charge on any atom is -0.395 e. The second-order valence-electron chi connectivity index (χ2n) is 4.95. The first-order chi connectivity index (χ1) is 9.60. The first-order valence-electron chi connectivity index (χ1n) is 6.70. The fourth-order valence-corrected chi connectivity index (χ4v) is 2.39. The molecule has 0 heterocycles. The fourth-order valence-electron chi connectivity index (χ4n) is 2.24. The van der Waals surface area contributed by atoms with Crippen molar-refractivity contribution in [2.45, 2.75) is 25.3 Å². The Morgan fingerprint density at radius 1 is 1.50 bits per heavy atom. The summed E-state index contributed by atoms with van der Waals surface area (Å²) >= 11 is 5.66. The van der Waals surface area contributed by atoms with Gasteiger partial charge in [0.2, 0.25) is 5.91 Å². The summed E-state index contributed by atoms with van der Waals surface area (Å²) in [5, 5.41) is 11.9. The monoisotopic (exact) mass is 300 g/mol. The Bertz CT molecular complexity index is 480. The fraction of sp³-hybridized carbons (Fsp3) is 0.500. The SMILES string of the molecule is O=C(CN(CCO)C1CCC1)Nc1ccc(Cl)cc1F. The van der Waals surface area contributed by atoms with E-state index in [1.54, 1.807) is 0 Å². The van der Waals surface area contributed by atoms with Crippen molar-refractivity contribution in [1.29, 1.82) is 0 Å². The summed E-state index contributed by atoms with van der Waals surface area (Å²) in [4.78, 5) is 13.9. The van der Waals surface area contributed by atoms with Crippen molar-refractivity contribution < 1.29 is 14.3 Å². The van der Waals surface area contributed by atoms with Crippen molar-refractivity contribution >= 4 is 23.2 Å². The van der Waals surface area contributed by atoms with Crippen LogP contribution in [0.25, 0.3) is 0 Å². The third-order valence-electron chi connectivity index (χ3n) is 3.53. The molecule has 1 aromatic rings. The molecular formula is C14H18ClFN2O2. The molecule has 1 aromatic carbocycles. The summed E-state index contributed by atoms with van der Waals surface area (Å²) in [6.07, 6.45) is 3.24. The maximum atomic E-state index is 13.6. The van der Waals surface area contributed by atoms with Crippen LogP contribution in [0.2, 0.25) is 5.02 Å². The quantitative estimate of drug-likeness (QED) is 0.847. The van der Waals surface area contributed by atoms with E-state index in [1.165, 1.54) is 12.1 Å². The summed E-state index contributed by atoms with van der Waals surface area (Å²) in [7, 11) is 0. The maximum absolute atomic E-state index is 13.6. The standard InChI is InChI=1S/C14H18ClFN2O2/c15-10-4-5-13(12(16)8-10)17-14(20)9-18(6-7-19)11-2-1-3-11/h4-5,8,11,19H,1-3,6-7,9H2,(H,17,20). The molecule has 0 aliphatic heterocycles. The van der Waals surface area contributed by atoms with Crippen LogP contribution in [0.1, 0.15) is 19.3 Å². The van der Waals surface area contributed by atoms with E-state index in [0.717, 1.165) is 25.3 Å². The lowest BCUT2D eigenvalue weighted by molar-refractivity contribution is -0.118. The van der Waals surface area contributed by atoms with Gasteiger partial charge in [-0.05, 0) is 31.0 Å². The third kappa shape index (κ3) is 3.91. The molecule has 4 nitrogen and oxygen atoms in total. The predicted molar refractivity (Wildman–Crippen MR) is 76.3 cm³/mol. The van der Waals surface area contributed by atoms with Crippen LogP contribution < -0.4 is 5.32 Å². The summed E-state index contributed by atoms with van der Waals surface area (Å²) in [5.41, 5.74) is 0.122. The van der Waals surface area contributed by atoms with Crippen molar-refractivity contribution in [2.24, 2.45) is 0 Å². The topological polar surface area (TPSA) is 52.6 Å². The van der Waals surface area contributed by atoms with E-state index >= 15 is 0 Å². The van der Waals surface area contributed by atoms with Gasteiger partial charge in [-0.1, -0.05) is 18.0 Å². The molecule has 1 aliphatic rings. The molecule has 0 spiro atoms. The van der Waals surface area contributed by atoms with Gasteiger partial charge in [-0.2, -0.15) is 0 Å². The molecule has 0 radical (unpaired) electrons. The summed E-state index contributed by atoms with van der Waals surface area (Å²) in [6, 6.07) is 4.48. The van der Waals surface area contributed by atoms with Gasteiger partial charge in [0.15, 0.2) is 0 Å². The normalized spacial score (nSPS) is 15.2. The molecule has 6 heteroatoms. The van der Waals surface area contributed by atoms with E-state index in [1.807, 2.05) is 4.90 Å². The minimum atomic E-state index is -0.553. The number of hydrogen-bond acceptors (Lipinski definition) is 3. The van der Waals surface area contributed by atoms with Crippen LogP contribution in [0.5, 0.6) is 0 Å². The van der Waals surface area contributed by atoms with Gasteiger partial charge in [0.1, 0.15) is 5.82 Å². The zero-order valence-corrected chi connectivity index (χ0v) is 11.9. The highest BCUT2D eigenvalue weighted by atomic mass is 35.5. The van der Waals surface area contributed by atoms with E-state index in [2.05, 4.69) is 5.32 Å². The number of amides is 1. The van der Waals surface area contributed by atoms with Gasteiger partial charge in [0, 0.05) is 17.6 Å². The predicted octanol–water partition coefficient (Wildman–Crippen LogP) is 2.26. The smallest absolute Gasteiger partial charge is 0.238 e. The molecule has 0 atom stereocenters. The Morgan fingerprint density at radius 3 is 2.80 bits per heavy atom. The van der Waals surface area contributed by atoms with E-state index in [0.29, 0.717) is 12.6 Å². The molecule has 0 bridgehead atoms. The molecule has 1 aliphatic carbocycles. The first-order valence-corrected chi connectivity index (χ1v) is 7.08. The largest absolute Gasteiger partial charge is 0.395 e. The van der Waals surface area contributed by atoms with Crippen molar-refractivity contribution in [3.63, 3.8) is 0 Å². The number of halogens is 2. The van der Waals surface area contributed by atoms with Crippen LogP contribution in [-0.2, 0) is 4.79 Å². The maximum Gasteiger partial charge on any atom is 0.238 e. The number of rotatable bonds is 6. The number of hydrogen-bond donors (Lipinski definition) is 2. The van der Waals surface area contributed by atoms with Crippen molar-refractivity contribution in [3.05, 3.63) is 29.0 Å². The zero-order valence-electron chi connectivity index (χ0n) is 11.1. The molecule has 110 valence electrons. The Morgan fingerprint density at radius 2 is 2.25 bits per heavy atom. The van der Waals surface area contributed by atoms with Crippen molar-refractivity contribution in [3.8, 4) is 0 Å². The van der Waals surface area contributed by atoms with Crippen molar-refractivity contribution in [1.82, 2.24) is 4.90 Å². The minimum absolute atomic E-state index is 0.0130. The van der Waals surface area contributed by atoms with Crippen LogP contribution in [0.15, 0.2) is 18.2 Å². The molecular weight excluding hydrogens is 283 g/mol. The van der Waals surface area contributed by atoms with E-state index < -0.39 is 5.82 Å². The van der Waals surface area contributed by atoms with Crippen LogP contribution in [-0.4, -0.2) is 41.7 Å². The van der Waals surface area contributed by atoms with E-state index in [-0.39, 0.29) is 29.8 Å². The van der Waals surface area contributed by atoms with E-state index in [4.69, 9.17) is 16.7 Å². The second-order valence-corrected chi connectivity index (χ2v) is 5.39. The molecule has 0 unspecified atom stereocenters. The number of anilines is 1. The average molecular weight is 301 g/mol. The van der Waals surface area contributed by atoms with Gasteiger partial charge in [-0.15, -0.1) is 0 Å². The zero-order chi connectivity index (χ0) is 14.5. The summed E-state index contributed by atoms with van der Waals surface area (Å²) in [5.74, 6) is -0.838. The highest BCUT2D eigenvalue weighted by Gasteiger charge is 2.26. The highest BCUT2D eigenvalue weighted by Crippen LogP contribution is 2.24. The number of nitrogens with zero attached hydrogens (tertiary/aromatic N) is 1. The molecule has 1 amide bonds. The van der Waals surface area contributed by atoms with Gasteiger partial charge in [0.25, 0.3) is 0 Å². The van der Waals surface area contributed by atoms with Crippen LogP contribution in [0, 0.1) is 5.82 Å². The highest BCUT2D eigenvalue weighted by molar-refractivity contribution is 6.30. The molecule has 0 saturated heterocycles. The lowest BCUT2D eigenvalue weighted by Crippen LogP contribution is -2.45. The number of carbonyl (C=O) groups is 1. The van der Waals surface area contributed by atoms with Gasteiger partial charge >= 0.3 is 0 Å². The molecule has 20 heavy (non-hydrogen) atoms. The second kappa shape index (κ2) is 7.02. The van der Waals surface area contributed by atoms with Gasteiger partial charge < -0.3 is 10.4 Å². The Balaban J connectivity index is 1.93. The molecule has 2 N–H and O–H groups in total. The lowest BCUT2D eigenvalue weighted by Gasteiger charge is -2.36. The van der Waals surface area contributed by atoms with Crippen molar-refractivity contribution in [2.75, 3.05) is 25.0 Å². The third-order valence-corrected chi connectivity index (χ3v) is 3.77. The number of carbonyl (C=O) groups excluding carboxylic acids is 1. The number of aliphatic hydroxyl groups excluding tert-OH is 1. The van der Waals surface area contributed by atoms with E-state index in [9.17, 15) is 9.18 Å². The first kappa shape index (κ1) is 15.2. The van der Waals surface area contributed by atoms with Gasteiger partial charge in [-0.25, -0.2) is 4.39 Å². The molecule has 1 saturated carbocycles. The Labute approximate surface area is 122 Å². The van der Waals surface area contributed by atoms with Gasteiger partial charge in [0.05, 0.1) is 18.8 Å². The number of aliphatic hydroxyl groups is 1. The molecule has 0 aromatic heterocycles. The average Bonchev–Trinajstić information content (AvgIpc) is 2.31. The van der Waals surface area contributed by atoms with Crippen LogP contribution in [0.3, 0.4) is 0 Å². The Kier molecular flexibility index (Phi) is 5.34. The lowest BCUT2D eigenvalue weighted by atomic mass is 9.91.